The summed E-state index contributed by atoms with van der Waals surface area (Å²) in [5.74, 6) is 0. The molecule has 0 aromatic rings. The summed E-state index contributed by atoms with van der Waals surface area (Å²) in [5.41, 5.74) is 0. The van der Waals surface area contributed by atoms with Crippen molar-refractivity contribution in [3.05, 3.63) is 0 Å². The van der Waals surface area contributed by atoms with E-state index in [0.717, 1.165) is 0 Å². The maximum Gasteiger partial charge on any atom is 1.00 e. The van der Waals surface area contributed by atoms with E-state index in [-0.39, 0.29) is 58.0 Å². The predicted molar refractivity (Wildman–Crippen MR) is 21.5 cm³/mol. The summed E-state index contributed by atoms with van der Waals surface area (Å²) in [6.45, 7) is 1.46. The molecule has 1 unspecified atom stereocenters. The Balaban J connectivity index is 0. The van der Waals surface area contributed by atoms with Gasteiger partial charge in [0.15, 0.2) is 0 Å². The number of phosphoric acid groups is 1. The first kappa shape index (κ1) is 12.4. The minimum absolute atomic E-state index is 0. The van der Waals surface area contributed by atoms with Crippen LogP contribution in [0.2, 0.25) is 0 Å². The molecule has 0 spiro atoms. The Labute approximate surface area is 90.3 Å². The van der Waals surface area contributed by atoms with Crippen molar-refractivity contribution in [2.75, 3.05) is 6.61 Å². The van der Waals surface area contributed by atoms with Gasteiger partial charge < -0.3 is 14.3 Å². The molecule has 0 heterocycles. The van der Waals surface area contributed by atoms with E-state index in [4.69, 9.17) is 4.89 Å². The first-order chi connectivity index (χ1) is 3.06. The summed E-state index contributed by atoms with van der Waals surface area (Å²) in [6.07, 6.45) is 0. The summed E-state index contributed by atoms with van der Waals surface area (Å²) < 4.78 is 13.4. The minimum atomic E-state index is -4.42. The van der Waals surface area contributed by atoms with Gasteiger partial charge in [0, 0.05) is 0 Å². The Kier molecular flexibility index (Phi) is 8.58. The molecule has 4 nitrogen and oxygen atoms in total. The second kappa shape index (κ2) is 5.53. The smallest absolute Gasteiger partial charge is 0.756 e. The molecule has 0 amide bonds. The molecule has 0 fully saturated rings. The SMILES string of the molecule is CCOP(=O)([O-])O.[K+]. The molecule has 0 bridgehead atoms. The van der Waals surface area contributed by atoms with Crippen LogP contribution >= 0.6 is 7.82 Å². The van der Waals surface area contributed by atoms with Crippen LogP contribution in [0.4, 0.5) is 0 Å². The maximum atomic E-state index is 9.59. The zero-order valence-corrected chi connectivity index (χ0v) is 8.84. The van der Waals surface area contributed by atoms with Crippen molar-refractivity contribution in [1.29, 1.82) is 0 Å². The fourth-order valence-electron chi connectivity index (χ4n) is 0.163. The molecule has 0 saturated heterocycles. The molecule has 0 radical (unpaired) electrons. The maximum absolute atomic E-state index is 9.59. The number of phosphoric ester groups is 1. The van der Waals surface area contributed by atoms with Crippen LogP contribution in [0.3, 0.4) is 0 Å². The van der Waals surface area contributed by atoms with E-state index in [1.165, 1.54) is 6.92 Å². The van der Waals surface area contributed by atoms with Crippen LogP contribution in [0.25, 0.3) is 0 Å². The van der Waals surface area contributed by atoms with Crippen LogP contribution in [0.5, 0.6) is 0 Å². The fourth-order valence-corrected chi connectivity index (χ4v) is 0.489. The van der Waals surface area contributed by atoms with E-state index in [0.29, 0.717) is 0 Å². The number of rotatable bonds is 2. The summed E-state index contributed by atoms with van der Waals surface area (Å²) >= 11 is 0. The van der Waals surface area contributed by atoms with E-state index in [1.54, 1.807) is 0 Å². The molecule has 0 aromatic carbocycles. The molecular weight excluding hydrogens is 158 g/mol. The van der Waals surface area contributed by atoms with E-state index in [1.807, 2.05) is 0 Å². The predicted octanol–water partition coefficient (Wildman–Crippen LogP) is -3.51. The minimum Gasteiger partial charge on any atom is -0.756 e. The third-order valence-electron chi connectivity index (χ3n) is 0.292. The standard InChI is InChI=1S/C2H7O4P.K/c1-2-6-7(3,4)5;/h2H2,1H3,(H2,3,4,5);/q;+1/p-1. The molecule has 8 heavy (non-hydrogen) atoms. The van der Waals surface area contributed by atoms with Gasteiger partial charge in [0.05, 0.1) is 6.61 Å². The number of hydrogen-bond donors (Lipinski definition) is 1. The first-order valence-electron chi connectivity index (χ1n) is 1.74. The largest absolute Gasteiger partial charge is 1.00 e. The van der Waals surface area contributed by atoms with Crippen LogP contribution in [0.15, 0.2) is 0 Å². The average Bonchev–Trinajstić information content (AvgIpc) is 1.30. The Hall–Kier alpha value is 1.75. The van der Waals surface area contributed by atoms with Gasteiger partial charge >= 0.3 is 51.4 Å². The second-order valence-corrected chi connectivity index (χ2v) is 2.08. The molecule has 0 aliphatic rings. The Bertz CT molecular complexity index is 88.0. The van der Waals surface area contributed by atoms with E-state index in [2.05, 4.69) is 4.52 Å². The van der Waals surface area contributed by atoms with E-state index >= 15 is 0 Å². The summed E-state index contributed by atoms with van der Waals surface area (Å²) in [5, 5.41) is 0. The molecule has 44 valence electrons. The Morgan fingerprint density at radius 3 is 2.25 bits per heavy atom. The van der Waals surface area contributed by atoms with Gasteiger partial charge in [-0.3, -0.25) is 4.57 Å². The quantitative estimate of drug-likeness (QED) is 0.339. The monoisotopic (exact) mass is 164 g/mol. The third-order valence-corrected chi connectivity index (χ3v) is 0.877. The summed E-state index contributed by atoms with van der Waals surface area (Å²) in [4.78, 5) is 17.4. The van der Waals surface area contributed by atoms with Crippen molar-refractivity contribution in [2.45, 2.75) is 6.92 Å². The molecule has 1 atom stereocenters. The molecule has 6 heteroatoms. The zero-order chi connectivity index (χ0) is 5.91. The van der Waals surface area contributed by atoms with Crippen LogP contribution in [0, 0.1) is 0 Å². The third kappa shape index (κ3) is 10.7. The van der Waals surface area contributed by atoms with Crippen molar-refractivity contribution in [2.24, 2.45) is 0 Å². The Morgan fingerprint density at radius 2 is 2.25 bits per heavy atom. The van der Waals surface area contributed by atoms with Crippen molar-refractivity contribution in [3.63, 3.8) is 0 Å². The number of hydrogen-bond acceptors (Lipinski definition) is 3. The second-order valence-electron chi connectivity index (χ2n) is 0.886. The topological polar surface area (TPSA) is 69.6 Å². The van der Waals surface area contributed by atoms with Crippen molar-refractivity contribution < 1.29 is 70.3 Å². The van der Waals surface area contributed by atoms with Gasteiger partial charge in [-0.25, -0.2) is 0 Å². The van der Waals surface area contributed by atoms with Gasteiger partial charge in [-0.15, -0.1) is 0 Å². The van der Waals surface area contributed by atoms with E-state index < -0.39 is 7.82 Å². The van der Waals surface area contributed by atoms with Crippen LogP contribution in [0.1, 0.15) is 6.92 Å². The van der Waals surface area contributed by atoms with Gasteiger partial charge in [-0.1, -0.05) is 0 Å². The molecule has 1 N–H and O–H groups in total. The molecule has 0 rings (SSSR count). The van der Waals surface area contributed by atoms with Crippen LogP contribution in [-0.4, -0.2) is 11.5 Å². The van der Waals surface area contributed by atoms with Gasteiger partial charge in [0.2, 0.25) is 0 Å². The van der Waals surface area contributed by atoms with Crippen LogP contribution in [-0.2, 0) is 9.09 Å². The van der Waals surface area contributed by atoms with Crippen molar-refractivity contribution in [3.8, 4) is 0 Å². The van der Waals surface area contributed by atoms with Gasteiger partial charge in [0.25, 0.3) is 7.82 Å². The van der Waals surface area contributed by atoms with Gasteiger partial charge in [-0.05, 0) is 6.92 Å². The van der Waals surface area contributed by atoms with Crippen LogP contribution < -0.4 is 56.3 Å². The molecule has 0 aromatic heterocycles. The Morgan fingerprint density at radius 1 is 1.88 bits per heavy atom. The fraction of sp³-hybridized carbons (Fsp3) is 1.00. The average molecular weight is 164 g/mol. The molecule has 0 saturated carbocycles. The van der Waals surface area contributed by atoms with Gasteiger partial charge in [-0.2, -0.15) is 0 Å². The molecular formula is C2H6KO4P. The first-order valence-corrected chi connectivity index (χ1v) is 3.24. The summed E-state index contributed by atoms with van der Waals surface area (Å²) in [7, 11) is -4.42. The van der Waals surface area contributed by atoms with Crippen molar-refractivity contribution >= 4 is 7.82 Å². The van der Waals surface area contributed by atoms with Crippen molar-refractivity contribution in [1.82, 2.24) is 0 Å². The molecule has 0 aliphatic heterocycles. The summed E-state index contributed by atoms with van der Waals surface area (Å²) in [6, 6.07) is 0. The van der Waals surface area contributed by atoms with E-state index in [9.17, 15) is 9.46 Å². The normalized spacial score (nSPS) is 16.4. The van der Waals surface area contributed by atoms with Gasteiger partial charge in [0.1, 0.15) is 0 Å². The zero-order valence-electron chi connectivity index (χ0n) is 4.83. The molecule has 0 aliphatic carbocycles.